The minimum atomic E-state index is -0.496. The average molecular weight is 322 g/mol. The van der Waals surface area contributed by atoms with Gasteiger partial charge in [-0.15, -0.1) is 0 Å². The number of nitrogens with one attached hydrogen (secondary N) is 2. The van der Waals surface area contributed by atoms with Gasteiger partial charge < -0.3 is 20.1 Å². The fraction of sp³-hybridized carbons (Fsp3) is 0.529. The zero-order valence-electron chi connectivity index (χ0n) is 14.2. The smallest absolute Gasteiger partial charge is 0.407 e. The number of hydrogen-bond acceptors (Lipinski definition) is 5. The first-order valence-corrected chi connectivity index (χ1v) is 7.66. The third kappa shape index (κ3) is 9.52. The summed E-state index contributed by atoms with van der Waals surface area (Å²) in [6, 6.07) is 9.29. The highest BCUT2D eigenvalue weighted by molar-refractivity contribution is 5.72. The van der Waals surface area contributed by atoms with Gasteiger partial charge in [-0.3, -0.25) is 4.79 Å². The van der Waals surface area contributed by atoms with E-state index >= 15 is 0 Å². The Balaban J connectivity index is 2.17. The lowest BCUT2D eigenvalue weighted by Crippen LogP contribution is -2.42. The van der Waals surface area contributed by atoms with Crippen LogP contribution in [-0.4, -0.2) is 36.8 Å². The number of carbonyl (C=O) groups excluding carboxylic acids is 2. The van der Waals surface area contributed by atoms with E-state index in [2.05, 4.69) is 10.6 Å². The second kappa shape index (κ2) is 9.15. The quantitative estimate of drug-likeness (QED) is 0.753. The van der Waals surface area contributed by atoms with Crippen molar-refractivity contribution in [2.24, 2.45) is 0 Å². The number of esters is 1. The molecule has 1 aromatic carbocycles. The van der Waals surface area contributed by atoms with Crippen LogP contribution in [0.15, 0.2) is 30.3 Å². The van der Waals surface area contributed by atoms with Crippen LogP contribution in [0.1, 0.15) is 33.3 Å². The van der Waals surface area contributed by atoms with Crippen molar-refractivity contribution in [1.82, 2.24) is 10.6 Å². The Labute approximate surface area is 137 Å². The van der Waals surface area contributed by atoms with Crippen LogP contribution in [0.4, 0.5) is 4.79 Å². The Kier molecular flexibility index (Phi) is 7.54. The number of amides is 1. The molecular weight excluding hydrogens is 296 g/mol. The number of ether oxygens (including phenoxy) is 2. The molecule has 1 unspecified atom stereocenters. The Hall–Kier alpha value is -2.08. The van der Waals surface area contributed by atoms with Gasteiger partial charge in [0.25, 0.3) is 0 Å². The summed E-state index contributed by atoms with van der Waals surface area (Å²) in [5.41, 5.74) is 0.433. The monoisotopic (exact) mass is 322 g/mol. The third-order valence-corrected chi connectivity index (χ3v) is 2.72. The Morgan fingerprint density at radius 1 is 1.17 bits per heavy atom. The topological polar surface area (TPSA) is 76.7 Å². The van der Waals surface area contributed by atoms with E-state index in [9.17, 15) is 9.59 Å². The molecule has 2 N–H and O–H groups in total. The van der Waals surface area contributed by atoms with Gasteiger partial charge in [0.15, 0.2) is 0 Å². The van der Waals surface area contributed by atoms with Crippen molar-refractivity contribution in [1.29, 1.82) is 0 Å². The maximum absolute atomic E-state index is 11.7. The van der Waals surface area contributed by atoms with Crippen molar-refractivity contribution in [3.63, 3.8) is 0 Å². The van der Waals surface area contributed by atoms with E-state index in [-0.39, 0.29) is 25.2 Å². The van der Waals surface area contributed by atoms with Crippen LogP contribution >= 0.6 is 0 Å². The summed E-state index contributed by atoms with van der Waals surface area (Å²) in [6.07, 6.45) is -0.486. The standard InChI is InChI=1S/C17H26N2O4/c1-13(10-18-11-15(20)23-17(2,3)4)19-16(21)22-12-14-8-6-5-7-9-14/h5-9,13,18H,10-12H2,1-4H3,(H,19,21). The number of hydrogen-bond donors (Lipinski definition) is 2. The number of rotatable bonds is 7. The molecule has 0 aliphatic heterocycles. The first-order valence-electron chi connectivity index (χ1n) is 7.66. The molecule has 1 atom stereocenters. The zero-order valence-corrected chi connectivity index (χ0v) is 14.2. The molecule has 0 aliphatic carbocycles. The van der Waals surface area contributed by atoms with Crippen molar-refractivity contribution < 1.29 is 19.1 Å². The highest BCUT2D eigenvalue weighted by Gasteiger charge is 2.16. The lowest BCUT2D eigenvalue weighted by Gasteiger charge is -2.20. The van der Waals surface area contributed by atoms with Crippen molar-refractivity contribution in [2.45, 2.75) is 45.9 Å². The Bertz CT molecular complexity index is 497. The van der Waals surface area contributed by atoms with Gasteiger partial charge in [-0.05, 0) is 33.3 Å². The molecule has 0 aromatic heterocycles. The average Bonchev–Trinajstić information content (AvgIpc) is 2.44. The van der Waals surface area contributed by atoms with Crippen LogP contribution in [0.2, 0.25) is 0 Å². The third-order valence-electron chi connectivity index (χ3n) is 2.72. The first-order chi connectivity index (χ1) is 10.8. The van der Waals surface area contributed by atoms with E-state index in [1.54, 1.807) is 0 Å². The Morgan fingerprint density at radius 3 is 2.43 bits per heavy atom. The van der Waals surface area contributed by atoms with Crippen molar-refractivity contribution in [3.8, 4) is 0 Å². The van der Waals surface area contributed by atoms with E-state index in [4.69, 9.17) is 9.47 Å². The van der Waals surface area contributed by atoms with Gasteiger partial charge in [-0.2, -0.15) is 0 Å². The largest absolute Gasteiger partial charge is 0.459 e. The molecular formula is C17H26N2O4. The molecule has 6 nitrogen and oxygen atoms in total. The van der Waals surface area contributed by atoms with Crippen LogP contribution < -0.4 is 10.6 Å². The summed E-state index contributed by atoms with van der Waals surface area (Å²) in [7, 11) is 0. The molecule has 0 saturated heterocycles. The van der Waals surface area contributed by atoms with E-state index in [0.29, 0.717) is 6.54 Å². The predicted molar refractivity (Wildman–Crippen MR) is 87.9 cm³/mol. The molecule has 0 saturated carbocycles. The van der Waals surface area contributed by atoms with Gasteiger partial charge in [-0.25, -0.2) is 4.79 Å². The minimum absolute atomic E-state index is 0.0996. The van der Waals surface area contributed by atoms with Crippen LogP contribution in [0, 0.1) is 0 Å². The number of alkyl carbamates (subject to hydrolysis) is 1. The summed E-state index contributed by atoms with van der Waals surface area (Å²) in [5, 5.41) is 5.64. The zero-order chi connectivity index (χ0) is 17.3. The van der Waals surface area contributed by atoms with Crippen LogP contribution in [-0.2, 0) is 20.9 Å². The molecule has 128 valence electrons. The molecule has 0 aliphatic rings. The predicted octanol–water partition coefficient (Wildman–Crippen LogP) is 2.23. The second-order valence-electron chi connectivity index (χ2n) is 6.32. The van der Waals surface area contributed by atoms with Crippen LogP contribution in [0.25, 0.3) is 0 Å². The van der Waals surface area contributed by atoms with Gasteiger partial charge >= 0.3 is 12.1 Å². The Morgan fingerprint density at radius 2 is 1.83 bits per heavy atom. The van der Waals surface area contributed by atoms with Gasteiger partial charge in [0, 0.05) is 12.6 Å². The summed E-state index contributed by atoms with van der Waals surface area (Å²) in [6.45, 7) is 8.05. The van der Waals surface area contributed by atoms with Crippen LogP contribution in [0.5, 0.6) is 0 Å². The van der Waals surface area contributed by atoms with E-state index in [0.717, 1.165) is 5.56 Å². The summed E-state index contributed by atoms with van der Waals surface area (Å²) >= 11 is 0. The maximum atomic E-state index is 11.7. The lowest BCUT2D eigenvalue weighted by molar-refractivity contribution is -0.153. The fourth-order valence-corrected chi connectivity index (χ4v) is 1.79. The van der Waals surface area contributed by atoms with Crippen molar-refractivity contribution in [2.75, 3.05) is 13.1 Å². The highest BCUT2D eigenvalue weighted by Crippen LogP contribution is 2.06. The van der Waals surface area contributed by atoms with Gasteiger partial charge in [0.1, 0.15) is 12.2 Å². The molecule has 6 heteroatoms. The normalized spacial score (nSPS) is 12.3. The molecule has 23 heavy (non-hydrogen) atoms. The summed E-state index contributed by atoms with van der Waals surface area (Å²) in [4.78, 5) is 23.2. The molecule has 1 aromatic rings. The van der Waals surface area contributed by atoms with E-state index < -0.39 is 11.7 Å². The second-order valence-corrected chi connectivity index (χ2v) is 6.32. The van der Waals surface area contributed by atoms with E-state index in [1.165, 1.54) is 0 Å². The first kappa shape index (κ1) is 19.0. The molecule has 0 radical (unpaired) electrons. The van der Waals surface area contributed by atoms with Gasteiger partial charge in [-0.1, -0.05) is 30.3 Å². The van der Waals surface area contributed by atoms with Gasteiger partial charge in [0.05, 0.1) is 6.54 Å². The lowest BCUT2D eigenvalue weighted by atomic mass is 10.2. The number of benzene rings is 1. The fourth-order valence-electron chi connectivity index (χ4n) is 1.79. The maximum Gasteiger partial charge on any atom is 0.407 e. The molecule has 1 rings (SSSR count). The SMILES string of the molecule is CC(CNCC(=O)OC(C)(C)C)NC(=O)OCc1ccccc1. The molecule has 1 amide bonds. The van der Waals surface area contributed by atoms with Gasteiger partial charge in [0.2, 0.25) is 0 Å². The summed E-state index contributed by atoms with van der Waals surface area (Å²) in [5.74, 6) is -0.323. The van der Waals surface area contributed by atoms with E-state index in [1.807, 2.05) is 58.0 Å². The molecule has 0 fully saturated rings. The van der Waals surface area contributed by atoms with Crippen molar-refractivity contribution in [3.05, 3.63) is 35.9 Å². The molecule has 0 heterocycles. The highest BCUT2D eigenvalue weighted by atomic mass is 16.6. The minimum Gasteiger partial charge on any atom is -0.459 e. The number of carbonyl (C=O) groups is 2. The molecule has 0 spiro atoms. The molecule has 0 bridgehead atoms. The summed E-state index contributed by atoms with van der Waals surface area (Å²) < 4.78 is 10.3. The van der Waals surface area contributed by atoms with Crippen molar-refractivity contribution >= 4 is 12.1 Å². The van der Waals surface area contributed by atoms with Crippen LogP contribution in [0.3, 0.4) is 0 Å².